The predicted octanol–water partition coefficient (Wildman–Crippen LogP) is 5.93. The predicted molar refractivity (Wildman–Crippen MR) is 90.5 cm³/mol. The summed E-state index contributed by atoms with van der Waals surface area (Å²) in [6, 6.07) is 11.2. The molecule has 0 aromatic heterocycles. The molecule has 0 heterocycles. The molecule has 0 spiro atoms. The number of halogens is 3. The second-order valence-electron chi connectivity index (χ2n) is 4.41. The fraction of sp³-hybridized carbons (Fsp3) is 0.133. The van der Waals surface area contributed by atoms with Crippen LogP contribution in [0.4, 0.5) is 5.69 Å². The van der Waals surface area contributed by atoms with Crippen LogP contribution < -0.4 is 5.32 Å². The molecule has 0 aliphatic heterocycles. The molecule has 0 aliphatic rings. The number of hydrogen-bond donors (Lipinski definition) is 2. The molecule has 0 saturated heterocycles. The van der Waals surface area contributed by atoms with Crippen LogP contribution in [0.5, 0.6) is 0 Å². The first kappa shape index (κ1) is 15.4. The lowest BCUT2D eigenvalue weighted by Crippen LogP contribution is -2.09. The van der Waals surface area contributed by atoms with Crippen LogP contribution >= 0.6 is 39.1 Å². The molecule has 2 aromatic carbocycles. The summed E-state index contributed by atoms with van der Waals surface area (Å²) in [6.07, 6.45) is 1.32. The minimum Gasteiger partial charge on any atom is -0.378 e. The first-order valence-corrected chi connectivity index (χ1v) is 7.57. The number of benzene rings is 2. The highest BCUT2D eigenvalue weighted by molar-refractivity contribution is 9.10. The Morgan fingerprint density at radius 3 is 2.60 bits per heavy atom. The van der Waals surface area contributed by atoms with Crippen molar-refractivity contribution in [1.29, 1.82) is 5.41 Å². The molecular formula is C15H13BrCl2N2. The van der Waals surface area contributed by atoms with Gasteiger partial charge in [-0.25, -0.2) is 0 Å². The van der Waals surface area contributed by atoms with Gasteiger partial charge in [0.05, 0.1) is 6.04 Å². The molecule has 0 amide bonds. The smallest absolute Gasteiger partial charge is 0.0500 e. The fourth-order valence-corrected chi connectivity index (χ4v) is 2.88. The van der Waals surface area contributed by atoms with Gasteiger partial charge in [0.1, 0.15) is 0 Å². The summed E-state index contributed by atoms with van der Waals surface area (Å²) in [5.41, 5.74) is 2.67. The van der Waals surface area contributed by atoms with E-state index < -0.39 is 0 Å². The van der Waals surface area contributed by atoms with Crippen molar-refractivity contribution in [2.24, 2.45) is 0 Å². The van der Waals surface area contributed by atoms with Crippen LogP contribution in [0.15, 0.2) is 40.9 Å². The van der Waals surface area contributed by atoms with Gasteiger partial charge in [-0.05, 0) is 36.8 Å². The Morgan fingerprint density at radius 1 is 1.20 bits per heavy atom. The molecule has 0 fully saturated rings. The molecule has 1 atom stereocenters. The van der Waals surface area contributed by atoms with Gasteiger partial charge in [-0.3, -0.25) is 0 Å². The summed E-state index contributed by atoms with van der Waals surface area (Å²) in [5, 5.41) is 12.1. The Hall–Kier alpha value is -1.03. The lowest BCUT2D eigenvalue weighted by molar-refractivity contribution is 0.884. The second kappa shape index (κ2) is 6.61. The molecule has 0 radical (unpaired) electrons. The average molecular weight is 372 g/mol. The van der Waals surface area contributed by atoms with E-state index in [4.69, 9.17) is 28.6 Å². The van der Waals surface area contributed by atoms with E-state index in [0.717, 1.165) is 21.3 Å². The Morgan fingerprint density at radius 2 is 1.95 bits per heavy atom. The van der Waals surface area contributed by atoms with Crippen molar-refractivity contribution in [2.75, 3.05) is 5.32 Å². The molecule has 20 heavy (non-hydrogen) atoms. The normalized spacial score (nSPS) is 12.0. The van der Waals surface area contributed by atoms with Crippen molar-refractivity contribution in [3.05, 3.63) is 62.0 Å². The first-order chi connectivity index (χ1) is 9.51. The van der Waals surface area contributed by atoms with Crippen LogP contribution in [-0.2, 0) is 0 Å². The Bertz CT molecular complexity index is 644. The molecule has 2 N–H and O–H groups in total. The molecule has 0 saturated carbocycles. The Kier molecular flexibility index (Phi) is 5.08. The van der Waals surface area contributed by atoms with Gasteiger partial charge in [-0.1, -0.05) is 51.3 Å². The molecule has 0 aliphatic carbocycles. The third kappa shape index (κ3) is 3.54. The fourth-order valence-electron chi connectivity index (χ4n) is 1.94. The molecule has 0 bridgehead atoms. The number of nitrogens with one attached hydrogen (secondary N) is 2. The minimum absolute atomic E-state index is 0.00719. The van der Waals surface area contributed by atoms with E-state index in [1.165, 1.54) is 6.21 Å². The zero-order valence-electron chi connectivity index (χ0n) is 10.8. The van der Waals surface area contributed by atoms with E-state index in [1.54, 1.807) is 6.07 Å². The zero-order valence-corrected chi connectivity index (χ0v) is 13.9. The van der Waals surface area contributed by atoms with Crippen molar-refractivity contribution >= 4 is 51.0 Å². The summed E-state index contributed by atoms with van der Waals surface area (Å²) in [6.45, 7) is 2.02. The topological polar surface area (TPSA) is 35.9 Å². The van der Waals surface area contributed by atoms with Gasteiger partial charge in [-0.15, -0.1) is 0 Å². The summed E-state index contributed by atoms with van der Waals surface area (Å²) in [4.78, 5) is 0. The van der Waals surface area contributed by atoms with E-state index in [2.05, 4.69) is 21.2 Å². The quantitative estimate of drug-likeness (QED) is 0.642. The highest BCUT2D eigenvalue weighted by atomic mass is 79.9. The highest BCUT2D eigenvalue weighted by Crippen LogP contribution is 2.30. The van der Waals surface area contributed by atoms with E-state index in [1.807, 2.05) is 37.3 Å². The Balaban J connectivity index is 2.29. The number of hydrogen-bond acceptors (Lipinski definition) is 2. The van der Waals surface area contributed by atoms with Crippen LogP contribution in [0.3, 0.4) is 0 Å². The SMILES string of the molecule is C[C@@H](Nc1cc(Br)ccc1C=N)c1ccc(Cl)cc1Cl. The van der Waals surface area contributed by atoms with E-state index in [0.29, 0.717) is 10.0 Å². The Labute approximate surface area is 136 Å². The van der Waals surface area contributed by atoms with Gasteiger partial charge in [0.25, 0.3) is 0 Å². The van der Waals surface area contributed by atoms with Gasteiger partial charge < -0.3 is 10.7 Å². The van der Waals surface area contributed by atoms with Gasteiger partial charge in [-0.2, -0.15) is 0 Å². The summed E-state index contributed by atoms with van der Waals surface area (Å²) < 4.78 is 0.958. The second-order valence-corrected chi connectivity index (χ2v) is 6.17. The molecule has 0 unspecified atom stereocenters. The molecule has 5 heteroatoms. The minimum atomic E-state index is 0.00719. The van der Waals surface area contributed by atoms with Crippen molar-refractivity contribution in [2.45, 2.75) is 13.0 Å². The number of rotatable bonds is 4. The summed E-state index contributed by atoms with van der Waals surface area (Å²) >= 11 is 15.6. The van der Waals surface area contributed by atoms with Crippen molar-refractivity contribution < 1.29 is 0 Å². The van der Waals surface area contributed by atoms with Gasteiger partial charge >= 0.3 is 0 Å². The molecule has 2 nitrogen and oxygen atoms in total. The van der Waals surface area contributed by atoms with Crippen LogP contribution in [0, 0.1) is 5.41 Å². The van der Waals surface area contributed by atoms with Crippen LogP contribution in [-0.4, -0.2) is 6.21 Å². The lowest BCUT2D eigenvalue weighted by Gasteiger charge is -2.19. The van der Waals surface area contributed by atoms with Crippen molar-refractivity contribution in [3.8, 4) is 0 Å². The maximum absolute atomic E-state index is 7.45. The maximum atomic E-state index is 7.45. The molecule has 2 rings (SSSR count). The van der Waals surface area contributed by atoms with E-state index in [-0.39, 0.29) is 6.04 Å². The van der Waals surface area contributed by atoms with Crippen molar-refractivity contribution in [1.82, 2.24) is 0 Å². The summed E-state index contributed by atoms with van der Waals surface area (Å²) in [5.74, 6) is 0. The van der Waals surface area contributed by atoms with Crippen LogP contribution in [0.1, 0.15) is 24.1 Å². The highest BCUT2D eigenvalue weighted by Gasteiger charge is 2.11. The van der Waals surface area contributed by atoms with Gasteiger partial charge in [0, 0.05) is 32.0 Å². The first-order valence-electron chi connectivity index (χ1n) is 6.03. The third-order valence-electron chi connectivity index (χ3n) is 2.97. The standard InChI is InChI=1S/C15H13BrCl2N2/c1-9(13-5-4-12(17)7-14(13)18)20-15-6-11(16)3-2-10(15)8-19/h2-9,19-20H,1H3/t9-/m1/s1. The maximum Gasteiger partial charge on any atom is 0.0500 e. The zero-order chi connectivity index (χ0) is 14.7. The van der Waals surface area contributed by atoms with Gasteiger partial charge in [0.15, 0.2) is 0 Å². The average Bonchev–Trinajstić information content (AvgIpc) is 2.38. The van der Waals surface area contributed by atoms with Crippen LogP contribution in [0.2, 0.25) is 10.0 Å². The largest absolute Gasteiger partial charge is 0.378 e. The molecule has 2 aromatic rings. The van der Waals surface area contributed by atoms with E-state index >= 15 is 0 Å². The molecular weight excluding hydrogens is 359 g/mol. The van der Waals surface area contributed by atoms with Crippen molar-refractivity contribution in [3.63, 3.8) is 0 Å². The number of anilines is 1. The van der Waals surface area contributed by atoms with E-state index in [9.17, 15) is 0 Å². The van der Waals surface area contributed by atoms with Crippen LogP contribution in [0.25, 0.3) is 0 Å². The lowest BCUT2D eigenvalue weighted by atomic mass is 10.1. The monoisotopic (exact) mass is 370 g/mol. The third-order valence-corrected chi connectivity index (χ3v) is 4.03. The molecule has 104 valence electrons. The summed E-state index contributed by atoms with van der Waals surface area (Å²) in [7, 11) is 0. The van der Waals surface area contributed by atoms with Gasteiger partial charge in [0.2, 0.25) is 0 Å².